The Morgan fingerprint density at radius 1 is 0.571 bits per heavy atom. The van der Waals surface area contributed by atoms with E-state index in [9.17, 15) is 14.3 Å². The van der Waals surface area contributed by atoms with Gasteiger partial charge in [0.25, 0.3) is 0 Å². The van der Waals surface area contributed by atoms with E-state index in [4.69, 9.17) is 18.5 Å². The average molecular weight is 805 g/mol. The van der Waals surface area contributed by atoms with Gasteiger partial charge >= 0.3 is 13.8 Å². The van der Waals surface area contributed by atoms with Crippen molar-refractivity contribution >= 4 is 13.8 Å². The van der Waals surface area contributed by atoms with E-state index in [0.717, 1.165) is 83.5 Å². The molecule has 0 amide bonds. The monoisotopic (exact) mass is 805 g/mol. The Kier molecular flexibility index (Phi) is 37.9. The maximum atomic E-state index is 12.6. The molecule has 0 radical (unpaired) electrons. The highest BCUT2D eigenvalue weighted by atomic mass is 31.2. The first-order chi connectivity index (χ1) is 27.1. The molecule has 322 valence electrons. The zero-order chi connectivity index (χ0) is 41.3. The molecule has 0 aliphatic heterocycles. The summed E-state index contributed by atoms with van der Waals surface area (Å²) in [6, 6.07) is 0. The maximum absolute atomic E-state index is 12.6. The third-order valence-electron chi connectivity index (χ3n) is 8.72. The van der Waals surface area contributed by atoms with Crippen molar-refractivity contribution in [2.24, 2.45) is 0 Å². The fraction of sp³-hybridized carbons (Fsp3) is 0.681. The summed E-state index contributed by atoms with van der Waals surface area (Å²) in [5.74, 6) is -0.336. The summed E-state index contributed by atoms with van der Waals surface area (Å²) in [6.45, 7) is 5.35. The molecule has 1 N–H and O–H groups in total. The summed E-state index contributed by atoms with van der Waals surface area (Å²) in [7, 11) is 1.62. The highest BCUT2D eigenvalue weighted by molar-refractivity contribution is 7.47. The predicted molar refractivity (Wildman–Crippen MR) is 238 cm³/mol. The summed E-state index contributed by atoms with van der Waals surface area (Å²) in [5.41, 5.74) is 0. The lowest BCUT2D eigenvalue weighted by atomic mass is 10.1. The van der Waals surface area contributed by atoms with Gasteiger partial charge in [-0.3, -0.25) is 13.8 Å². The van der Waals surface area contributed by atoms with Crippen molar-refractivity contribution in [3.63, 3.8) is 0 Å². The van der Waals surface area contributed by atoms with Crippen LogP contribution in [0, 0.1) is 0 Å². The van der Waals surface area contributed by atoms with E-state index < -0.39 is 13.9 Å². The summed E-state index contributed by atoms with van der Waals surface area (Å²) in [6.07, 6.45) is 52.0. The molecular formula is C47H83NO7P+. The first-order valence-electron chi connectivity index (χ1n) is 21.8. The number of phosphoric ester groups is 1. The van der Waals surface area contributed by atoms with E-state index in [1.807, 2.05) is 21.1 Å². The standard InChI is InChI=1S/C47H82NO7P/c1-6-8-10-12-14-16-18-19-20-21-22-23-24-25-26-27-28-29-30-31-33-35-37-39-42-52-44-46(45-54-56(50,51)53-43-41-48(3,4)5)55-47(49)40-38-36-34-32-17-15-13-11-9-7-2/h8,10,14,16,19-20,22-23,25-26,28-29,31,33,46H,6-7,9,11-13,15,17-18,21,24,27,30,32,34-45H2,1-5H3/p+1/b10-8-,16-14-,20-19-,23-22-,26-25-,29-28-,33-31-. The van der Waals surface area contributed by atoms with Gasteiger partial charge in [0.05, 0.1) is 34.4 Å². The number of phosphoric acid groups is 1. The van der Waals surface area contributed by atoms with Crippen LogP contribution in [0.25, 0.3) is 0 Å². The second-order valence-corrected chi connectivity index (χ2v) is 16.8. The molecule has 0 aliphatic carbocycles. The highest BCUT2D eigenvalue weighted by Gasteiger charge is 2.26. The van der Waals surface area contributed by atoms with Crippen LogP contribution in [0.4, 0.5) is 0 Å². The number of ether oxygens (including phenoxy) is 2. The van der Waals surface area contributed by atoms with E-state index in [-0.39, 0.29) is 25.8 Å². The molecule has 2 unspecified atom stereocenters. The minimum atomic E-state index is -4.29. The fourth-order valence-electron chi connectivity index (χ4n) is 5.35. The van der Waals surface area contributed by atoms with Gasteiger partial charge in [0.2, 0.25) is 0 Å². The van der Waals surface area contributed by atoms with Crippen LogP contribution in [0.5, 0.6) is 0 Å². The molecule has 0 aromatic heterocycles. The van der Waals surface area contributed by atoms with Gasteiger partial charge in [0.1, 0.15) is 19.3 Å². The Labute approximate surface area is 344 Å². The zero-order valence-electron chi connectivity index (χ0n) is 36.3. The van der Waals surface area contributed by atoms with Crippen molar-refractivity contribution in [2.75, 3.05) is 54.1 Å². The summed E-state index contributed by atoms with van der Waals surface area (Å²) < 4.78 is 34.9. The Bertz CT molecular complexity index is 1170. The molecule has 0 spiro atoms. The number of esters is 1. The van der Waals surface area contributed by atoms with Gasteiger partial charge in [-0.2, -0.15) is 0 Å². The van der Waals surface area contributed by atoms with Crippen LogP contribution >= 0.6 is 7.82 Å². The van der Waals surface area contributed by atoms with Crippen molar-refractivity contribution in [2.45, 2.75) is 155 Å². The topological polar surface area (TPSA) is 91.3 Å². The van der Waals surface area contributed by atoms with Gasteiger partial charge in [-0.25, -0.2) is 4.57 Å². The molecule has 0 heterocycles. The second-order valence-electron chi connectivity index (χ2n) is 15.3. The van der Waals surface area contributed by atoms with Crippen LogP contribution in [0.15, 0.2) is 85.1 Å². The molecule has 0 aliphatic rings. The summed E-state index contributed by atoms with van der Waals surface area (Å²) >= 11 is 0. The number of rotatable bonds is 39. The first kappa shape index (κ1) is 53.7. The third-order valence-corrected chi connectivity index (χ3v) is 9.71. The van der Waals surface area contributed by atoms with Crippen LogP contribution in [-0.4, -0.2) is 75.6 Å². The minimum Gasteiger partial charge on any atom is -0.457 e. The Balaban J connectivity index is 4.28. The molecule has 0 aromatic carbocycles. The summed E-state index contributed by atoms with van der Waals surface area (Å²) in [4.78, 5) is 22.8. The van der Waals surface area contributed by atoms with E-state index in [1.54, 1.807) is 0 Å². The number of carbonyl (C=O) groups is 1. The van der Waals surface area contributed by atoms with E-state index in [1.165, 1.54) is 44.9 Å². The first-order valence-corrected chi connectivity index (χ1v) is 23.3. The Hall–Kier alpha value is -2.32. The van der Waals surface area contributed by atoms with Gasteiger partial charge in [0.15, 0.2) is 0 Å². The highest BCUT2D eigenvalue weighted by Crippen LogP contribution is 2.43. The lowest BCUT2D eigenvalue weighted by Gasteiger charge is -2.24. The molecule has 8 nitrogen and oxygen atoms in total. The van der Waals surface area contributed by atoms with E-state index in [0.29, 0.717) is 24.1 Å². The van der Waals surface area contributed by atoms with Crippen molar-refractivity contribution in [1.82, 2.24) is 0 Å². The number of allylic oxidation sites excluding steroid dienone is 14. The number of nitrogens with zero attached hydrogens (tertiary/aromatic N) is 1. The minimum absolute atomic E-state index is 0.0762. The average Bonchev–Trinajstić information content (AvgIpc) is 3.15. The van der Waals surface area contributed by atoms with Crippen molar-refractivity contribution in [3.05, 3.63) is 85.1 Å². The lowest BCUT2D eigenvalue weighted by Crippen LogP contribution is -2.37. The number of likely N-dealkylation sites (N-methyl/N-ethyl adjacent to an activating group) is 1. The van der Waals surface area contributed by atoms with Crippen LogP contribution in [0.2, 0.25) is 0 Å². The van der Waals surface area contributed by atoms with Gasteiger partial charge in [0, 0.05) is 13.0 Å². The molecule has 0 aromatic rings. The number of carbonyl (C=O) groups excluding carboxylic acids is 1. The SMILES string of the molecule is CC/C=C\C/C=C\C/C=C\C/C=C\C/C=C\C/C=C\C/C=C\CCCCOCC(COP(=O)(O)OCC[N+](C)(C)C)OC(=O)CCCCCCCCCCCC. The molecule has 9 heteroatoms. The third kappa shape index (κ3) is 42.8. The molecule has 56 heavy (non-hydrogen) atoms. The number of hydrogen-bond acceptors (Lipinski definition) is 6. The summed E-state index contributed by atoms with van der Waals surface area (Å²) in [5, 5.41) is 0. The van der Waals surface area contributed by atoms with Crippen LogP contribution < -0.4 is 0 Å². The van der Waals surface area contributed by atoms with Gasteiger partial charge < -0.3 is 18.9 Å². The van der Waals surface area contributed by atoms with Crippen molar-refractivity contribution in [3.8, 4) is 0 Å². The number of hydrogen-bond donors (Lipinski definition) is 1. The normalized spacial score (nSPS) is 14.6. The lowest BCUT2D eigenvalue weighted by molar-refractivity contribution is -0.870. The van der Waals surface area contributed by atoms with Gasteiger partial charge in [-0.05, 0) is 70.6 Å². The Morgan fingerprint density at radius 3 is 1.52 bits per heavy atom. The fourth-order valence-corrected chi connectivity index (χ4v) is 6.10. The molecule has 0 saturated carbocycles. The molecule has 0 saturated heterocycles. The van der Waals surface area contributed by atoms with E-state index in [2.05, 4.69) is 98.9 Å². The number of unbranched alkanes of at least 4 members (excludes halogenated alkanes) is 11. The van der Waals surface area contributed by atoms with Crippen LogP contribution in [0.1, 0.15) is 149 Å². The smallest absolute Gasteiger partial charge is 0.457 e. The molecule has 0 rings (SSSR count). The van der Waals surface area contributed by atoms with E-state index >= 15 is 0 Å². The maximum Gasteiger partial charge on any atom is 0.472 e. The van der Waals surface area contributed by atoms with Gasteiger partial charge in [-0.1, -0.05) is 157 Å². The van der Waals surface area contributed by atoms with Crippen molar-refractivity contribution in [1.29, 1.82) is 0 Å². The van der Waals surface area contributed by atoms with Crippen LogP contribution in [0.3, 0.4) is 0 Å². The van der Waals surface area contributed by atoms with Gasteiger partial charge in [-0.15, -0.1) is 0 Å². The van der Waals surface area contributed by atoms with Crippen LogP contribution in [-0.2, 0) is 27.9 Å². The molecule has 0 fully saturated rings. The predicted octanol–water partition coefficient (Wildman–Crippen LogP) is 12.9. The molecule has 0 bridgehead atoms. The molecular weight excluding hydrogens is 721 g/mol. The number of quaternary nitrogens is 1. The largest absolute Gasteiger partial charge is 0.472 e. The quantitative estimate of drug-likeness (QED) is 0.0217. The second kappa shape index (κ2) is 39.5. The molecule has 2 atom stereocenters. The van der Waals surface area contributed by atoms with Crippen molar-refractivity contribution < 1.29 is 37.3 Å². The Morgan fingerprint density at radius 2 is 1.04 bits per heavy atom. The zero-order valence-corrected chi connectivity index (χ0v) is 37.2.